The van der Waals surface area contributed by atoms with Crippen molar-refractivity contribution in [3.05, 3.63) is 33.2 Å². The molecule has 0 saturated heterocycles. The molecule has 0 spiro atoms. The van der Waals surface area contributed by atoms with E-state index in [-0.39, 0.29) is 11.5 Å². The summed E-state index contributed by atoms with van der Waals surface area (Å²) >= 11 is 0. The minimum absolute atomic E-state index is 0.0161. The van der Waals surface area contributed by atoms with Crippen molar-refractivity contribution in [2.24, 2.45) is 11.8 Å². The van der Waals surface area contributed by atoms with Crippen LogP contribution in [0.25, 0.3) is 0 Å². The summed E-state index contributed by atoms with van der Waals surface area (Å²) < 4.78 is 6.87. The molecule has 21 heavy (non-hydrogen) atoms. The van der Waals surface area contributed by atoms with Crippen molar-refractivity contribution in [1.29, 1.82) is 0 Å². The molecule has 0 aliphatic heterocycles. The molecule has 2 unspecified atom stereocenters. The highest BCUT2D eigenvalue weighted by Crippen LogP contribution is 2.31. The highest BCUT2D eigenvalue weighted by Gasteiger charge is 2.24. The Morgan fingerprint density at radius 3 is 2.67 bits per heavy atom. The topological polar surface area (TPSA) is 48.3 Å². The second-order valence-electron chi connectivity index (χ2n) is 6.24. The molecule has 2 atom stereocenters. The summed E-state index contributed by atoms with van der Waals surface area (Å²) in [6.07, 6.45) is 3.55. The lowest BCUT2D eigenvalue weighted by atomic mass is 10.0. The van der Waals surface area contributed by atoms with Crippen molar-refractivity contribution in [3.63, 3.8) is 0 Å². The van der Waals surface area contributed by atoms with Crippen LogP contribution < -0.4 is 5.56 Å². The van der Waals surface area contributed by atoms with Gasteiger partial charge in [-0.15, -0.1) is 0 Å². The van der Waals surface area contributed by atoms with Gasteiger partial charge in [-0.3, -0.25) is 4.79 Å². The molecule has 116 valence electrons. The smallest absolute Gasteiger partial charge is 0.340 e. The number of hydrogen-bond acceptors (Lipinski definition) is 3. The zero-order valence-electron chi connectivity index (χ0n) is 13.4. The maximum Gasteiger partial charge on any atom is 0.340 e. The van der Waals surface area contributed by atoms with Gasteiger partial charge in [0.05, 0.1) is 12.2 Å². The van der Waals surface area contributed by atoms with E-state index in [2.05, 4.69) is 6.92 Å². The van der Waals surface area contributed by atoms with Gasteiger partial charge in [0.15, 0.2) is 0 Å². The zero-order valence-corrected chi connectivity index (χ0v) is 13.4. The van der Waals surface area contributed by atoms with E-state index < -0.39 is 0 Å². The molecule has 1 aromatic heterocycles. The van der Waals surface area contributed by atoms with E-state index in [0.29, 0.717) is 30.2 Å². The van der Waals surface area contributed by atoms with Crippen molar-refractivity contribution in [1.82, 2.24) is 4.57 Å². The van der Waals surface area contributed by atoms with Crippen molar-refractivity contribution >= 4 is 5.97 Å². The lowest BCUT2D eigenvalue weighted by Crippen LogP contribution is -2.28. The first-order valence-corrected chi connectivity index (χ1v) is 7.82. The summed E-state index contributed by atoms with van der Waals surface area (Å²) in [5.74, 6) is 0.941. The average Bonchev–Trinajstić information content (AvgIpc) is 2.80. The Kier molecular flexibility index (Phi) is 4.86. The Morgan fingerprint density at radius 2 is 2.10 bits per heavy atom. The Morgan fingerprint density at radius 1 is 1.38 bits per heavy atom. The zero-order chi connectivity index (χ0) is 15.6. The molecule has 0 radical (unpaired) electrons. The molecule has 4 nitrogen and oxygen atoms in total. The molecule has 4 heteroatoms. The first-order chi connectivity index (χ1) is 9.93. The number of ether oxygens (including phenoxy) is 1. The molecule has 1 aromatic rings. The summed E-state index contributed by atoms with van der Waals surface area (Å²) in [6, 6.07) is 1.55. The monoisotopic (exact) mass is 291 g/mol. The molecule has 1 saturated carbocycles. The number of aromatic nitrogens is 1. The lowest BCUT2D eigenvalue weighted by molar-refractivity contribution is 0.0523. The van der Waals surface area contributed by atoms with E-state index in [0.717, 1.165) is 24.5 Å². The number of carbonyl (C=O) groups excluding carboxylic acids is 1. The third-order valence-electron chi connectivity index (χ3n) is 4.49. The highest BCUT2D eigenvalue weighted by atomic mass is 16.5. The predicted octanol–water partition coefficient (Wildman–Crippen LogP) is 3.08. The Balaban J connectivity index is 2.35. The fraction of sp³-hybridized carbons (Fsp3) is 0.647. The first-order valence-electron chi connectivity index (χ1n) is 7.82. The van der Waals surface area contributed by atoms with E-state index in [1.807, 2.05) is 6.92 Å². The lowest BCUT2D eigenvalue weighted by Gasteiger charge is -2.18. The quantitative estimate of drug-likeness (QED) is 0.801. The molecule has 0 bridgehead atoms. The molecule has 0 amide bonds. The van der Waals surface area contributed by atoms with Gasteiger partial charge in [0.1, 0.15) is 0 Å². The van der Waals surface area contributed by atoms with E-state index in [9.17, 15) is 9.59 Å². The normalized spacial score (nSPS) is 21.5. The predicted molar refractivity (Wildman–Crippen MR) is 82.6 cm³/mol. The largest absolute Gasteiger partial charge is 0.462 e. The average molecular weight is 291 g/mol. The second-order valence-corrected chi connectivity index (χ2v) is 6.24. The molecule has 1 heterocycles. The number of carbonyl (C=O) groups is 1. The highest BCUT2D eigenvalue weighted by molar-refractivity contribution is 5.92. The maximum absolute atomic E-state index is 12.3. The Bertz CT molecular complexity index is 588. The summed E-state index contributed by atoms with van der Waals surface area (Å²) in [6.45, 7) is 8.74. The van der Waals surface area contributed by atoms with E-state index in [4.69, 9.17) is 4.74 Å². The number of aryl methyl sites for hydroxylation is 1. The van der Waals surface area contributed by atoms with Crippen LogP contribution >= 0.6 is 0 Å². The fourth-order valence-corrected chi connectivity index (χ4v) is 3.41. The number of rotatable bonds is 4. The van der Waals surface area contributed by atoms with E-state index in [1.54, 1.807) is 24.5 Å². The van der Waals surface area contributed by atoms with Gasteiger partial charge in [0.2, 0.25) is 0 Å². The molecule has 1 aliphatic rings. The first kappa shape index (κ1) is 15.8. The summed E-state index contributed by atoms with van der Waals surface area (Å²) in [4.78, 5) is 24.4. The molecule has 0 N–H and O–H groups in total. The van der Waals surface area contributed by atoms with Crippen LogP contribution in [0, 0.1) is 25.7 Å². The van der Waals surface area contributed by atoms with Crippen molar-refractivity contribution in [2.75, 3.05) is 6.61 Å². The minimum atomic E-state index is -0.332. The van der Waals surface area contributed by atoms with Crippen LogP contribution in [0.15, 0.2) is 10.9 Å². The van der Waals surface area contributed by atoms with E-state index >= 15 is 0 Å². The van der Waals surface area contributed by atoms with Crippen LogP contribution in [0.4, 0.5) is 0 Å². The molecule has 2 rings (SSSR count). The van der Waals surface area contributed by atoms with Gasteiger partial charge in [-0.2, -0.15) is 0 Å². The Hall–Kier alpha value is -1.58. The molecular formula is C17H25NO3. The van der Waals surface area contributed by atoms with Gasteiger partial charge >= 0.3 is 5.97 Å². The fourth-order valence-electron chi connectivity index (χ4n) is 3.41. The van der Waals surface area contributed by atoms with Crippen LogP contribution in [-0.4, -0.2) is 17.1 Å². The van der Waals surface area contributed by atoms with Crippen molar-refractivity contribution < 1.29 is 9.53 Å². The molecule has 1 aliphatic carbocycles. The summed E-state index contributed by atoms with van der Waals surface area (Å²) in [5.41, 5.74) is 1.96. The van der Waals surface area contributed by atoms with Crippen LogP contribution in [0.5, 0.6) is 0 Å². The van der Waals surface area contributed by atoms with Crippen LogP contribution in [-0.2, 0) is 11.3 Å². The van der Waals surface area contributed by atoms with Gasteiger partial charge in [0, 0.05) is 18.3 Å². The molecule has 0 aromatic carbocycles. The molecular weight excluding hydrogens is 266 g/mol. The van der Waals surface area contributed by atoms with Gasteiger partial charge < -0.3 is 9.30 Å². The van der Waals surface area contributed by atoms with E-state index in [1.165, 1.54) is 6.42 Å². The summed E-state index contributed by atoms with van der Waals surface area (Å²) in [7, 11) is 0. The van der Waals surface area contributed by atoms with Gasteiger partial charge in [0.25, 0.3) is 5.56 Å². The Labute approximate surface area is 126 Å². The molecule has 1 fully saturated rings. The van der Waals surface area contributed by atoms with Crippen molar-refractivity contribution in [3.8, 4) is 0 Å². The number of nitrogens with zero attached hydrogens (tertiary/aromatic N) is 1. The van der Waals surface area contributed by atoms with Gasteiger partial charge in [-0.05, 0) is 51.0 Å². The third kappa shape index (κ3) is 3.36. The van der Waals surface area contributed by atoms with Gasteiger partial charge in [-0.25, -0.2) is 4.79 Å². The second kappa shape index (κ2) is 6.46. The maximum atomic E-state index is 12.3. The third-order valence-corrected chi connectivity index (χ3v) is 4.49. The number of pyridine rings is 1. The number of hydrogen-bond donors (Lipinski definition) is 0. The minimum Gasteiger partial charge on any atom is -0.462 e. The van der Waals surface area contributed by atoms with Crippen LogP contribution in [0.1, 0.15) is 54.7 Å². The van der Waals surface area contributed by atoms with Gasteiger partial charge in [-0.1, -0.05) is 13.3 Å². The SMILES string of the molecule is CCOC(=O)c1c(C)cc(=O)n(CC2CCC(C)C2)c1C. The van der Waals surface area contributed by atoms with Crippen LogP contribution in [0.2, 0.25) is 0 Å². The van der Waals surface area contributed by atoms with Crippen molar-refractivity contribution in [2.45, 2.75) is 53.5 Å². The standard InChI is InChI=1S/C17H25NO3/c1-5-21-17(20)16-12(3)9-15(19)18(13(16)4)10-14-7-6-11(2)8-14/h9,11,14H,5-8,10H2,1-4H3. The van der Waals surface area contributed by atoms with Crippen LogP contribution in [0.3, 0.4) is 0 Å². The summed E-state index contributed by atoms with van der Waals surface area (Å²) in [5, 5.41) is 0. The number of esters is 1.